The summed E-state index contributed by atoms with van der Waals surface area (Å²) in [7, 11) is 0. The maximum Gasteiger partial charge on any atom is 0.414 e. The van der Waals surface area contributed by atoms with Gasteiger partial charge >= 0.3 is 18.3 Å². The molecule has 0 unspecified atom stereocenters. The van der Waals surface area contributed by atoms with Crippen LogP contribution in [0.5, 0.6) is 0 Å². The van der Waals surface area contributed by atoms with Crippen LogP contribution in [0.15, 0.2) is 139 Å². The lowest BCUT2D eigenvalue weighted by molar-refractivity contribution is -0.0313. The molecule has 11 rings (SSSR count). The highest BCUT2D eigenvalue weighted by atomic mass is 32.1. The normalized spacial score (nSPS) is 21.5. The third-order valence-corrected chi connectivity index (χ3v) is 13.5. The largest absolute Gasteiger partial charge is 0.465 e. The summed E-state index contributed by atoms with van der Waals surface area (Å²) in [5.74, 6) is 1.08. The lowest BCUT2D eigenvalue weighted by atomic mass is 9.86. The highest BCUT2D eigenvalue weighted by Crippen LogP contribution is 2.32. The van der Waals surface area contributed by atoms with E-state index in [9.17, 15) is 19.5 Å². The molecule has 4 aromatic carbocycles. The van der Waals surface area contributed by atoms with Gasteiger partial charge in [0, 0.05) is 48.1 Å². The molecule has 6 aliphatic rings. The number of nitrogens with zero attached hydrogens (tertiary/aromatic N) is 5. The van der Waals surface area contributed by atoms with Crippen LogP contribution in [0.25, 0.3) is 0 Å². The lowest BCUT2D eigenvalue weighted by Gasteiger charge is -2.44. The Hall–Kier alpha value is -5.69. The summed E-state index contributed by atoms with van der Waals surface area (Å²) < 4.78 is 11.8. The Kier molecular flexibility index (Phi) is 17.2. The molecule has 1 aromatic heterocycles. The summed E-state index contributed by atoms with van der Waals surface area (Å²) in [4.78, 5) is 47.7. The van der Waals surface area contributed by atoms with Crippen LogP contribution in [0.2, 0.25) is 0 Å². The molecule has 6 fully saturated rings. The average molecular weight is 886 g/mol. The van der Waals surface area contributed by atoms with Crippen molar-refractivity contribution in [3.05, 3.63) is 149 Å². The summed E-state index contributed by atoms with van der Waals surface area (Å²) in [6.07, 6.45) is 6.17. The molecule has 2 atom stereocenters. The molecule has 0 radical (unpaired) electrons. The Balaban J connectivity index is 0.000000145. The van der Waals surface area contributed by atoms with Gasteiger partial charge in [0.05, 0.1) is 6.54 Å². The number of piperidine rings is 6. The highest BCUT2D eigenvalue weighted by Gasteiger charge is 2.38. The smallest absolute Gasteiger partial charge is 0.414 e. The highest BCUT2D eigenvalue weighted by molar-refractivity contribution is 7.09. The molecule has 6 saturated heterocycles. The van der Waals surface area contributed by atoms with Crippen LogP contribution in [0.1, 0.15) is 55.9 Å². The predicted octanol–water partition coefficient (Wildman–Crippen LogP) is 10.9. The monoisotopic (exact) mass is 885 g/mol. The molecule has 64 heavy (non-hydrogen) atoms. The van der Waals surface area contributed by atoms with Crippen molar-refractivity contribution in [2.24, 2.45) is 11.8 Å². The number of anilines is 3. The van der Waals surface area contributed by atoms with Crippen molar-refractivity contribution in [3.8, 4) is 0 Å². The molecular formula is C52H63N5O6S. The van der Waals surface area contributed by atoms with Crippen LogP contribution in [-0.4, -0.2) is 97.8 Å². The van der Waals surface area contributed by atoms with E-state index in [4.69, 9.17) is 9.47 Å². The van der Waals surface area contributed by atoms with Crippen LogP contribution in [0.4, 0.5) is 31.4 Å². The number of amides is 3. The first-order chi connectivity index (χ1) is 31.3. The first-order valence-corrected chi connectivity index (χ1v) is 23.9. The van der Waals surface area contributed by atoms with Crippen molar-refractivity contribution >= 4 is 46.7 Å². The van der Waals surface area contributed by atoms with E-state index >= 15 is 0 Å². The van der Waals surface area contributed by atoms with Gasteiger partial charge in [-0.15, -0.1) is 11.3 Å². The number of carbonyl (C=O) groups is 3. The Morgan fingerprint density at radius 3 is 1.47 bits per heavy atom. The number of rotatable bonds is 13. The summed E-state index contributed by atoms with van der Waals surface area (Å²) in [5.41, 5.74) is 3.67. The van der Waals surface area contributed by atoms with E-state index in [-0.39, 0.29) is 24.4 Å². The first-order valence-electron chi connectivity index (χ1n) is 23.0. The molecule has 1 N–H and O–H groups in total. The maximum atomic E-state index is 12.9. The Morgan fingerprint density at radius 2 is 1.05 bits per heavy atom. The maximum absolute atomic E-state index is 12.9. The molecule has 3 amide bonds. The van der Waals surface area contributed by atoms with Crippen molar-refractivity contribution in [2.45, 2.75) is 70.6 Å². The van der Waals surface area contributed by atoms with Crippen molar-refractivity contribution in [3.63, 3.8) is 0 Å². The fourth-order valence-corrected chi connectivity index (χ4v) is 9.67. The van der Waals surface area contributed by atoms with E-state index < -0.39 is 6.09 Å². The molecule has 7 heterocycles. The number of fused-ring (bicyclic) bond motifs is 6. The molecular weight excluding hydrogens is 823 g/mol. The molecule has 12 heteroatoms. The van der Waals surface area contributed by atoms with Gasteiger partial charge in [0.1, 0.15) is 12.2 Å². The zero-order chi connectivity index (χ0) is 44.5. The quantitative estimate of drug-likeness (QED) is 0.125. The molecule has 11 nitrogen and oxygen atoms in total. The number of thiophene rings is 1. The van der Waals surface area contributed by atoms with Gasteiger partial charge in [-0.3, -0.25) is 24.5 Å². The number of para-hydroxylation sites is 3. The number of unbranched alkanes of at least 4 members (excludes halogenated alkanes) is 1. The summed E-state index contributed by atoms with van der Waals surface area (Å²) in [5, 5.41) is 11.3. The number of carboxylic acid groups (broad SMARTS) is 1. The van der Waals surface area contributed by atoms with Gasteiger partial charge in [-0.25, -0.2) is 14.4 Å². The minimum absolute atomic E-state index is 0.0366. The number of carbonyl (C=O) groups excluding carboxylic acids is 2. The van der Waals surface area contributed by atoms with Gasteiger partial charge in [-0.2, -0.15) is 0 Å². The van der Waals surface area contributed by atoms with Crippen molar-refractivity contribution in [1.29, 1.82) is 0 Å². The Morgan fingerprint density at radius 1 is 0.594 bits per heavy atom. The van der Waals surface area contributed by atoms with Gasteiger partial charge in [0.15, 0.2) is 0 Å². The molecule has 5 aromatic rings. The SMILES string of the molecule is CCCCN(C(=O)O[C@H]1CN2CCC1CC2)c1ccccc1.O=C(O)N(CCc1ccccc1)c1ccccc1.O=C(O[C@H]1CN2CCC1CC2)N(Cc1cccs1)c1ccccc1. The third kappa shape index (κ3) is 13.2. The van der Waals surface area contributed by atoms with Crippen LogP contribution >= 0.6 is 11.3 Å². The van der Waals surface area contributed by atoms with Crippen molar-refractivity contribution < 1.29 is 29.0 Å². The number of hydrogen-bond donors (Lipinski definition) is 1. The second kappa shape index (κ2) is 23.8. The second-order valence-electron chi connectivity index (χ2n) is 17.0. The molecule has 0 saturated carbocycles. The van der Waals surface area contributed by atoms with Crippen LogP contribution < -0.4 is 14.7 Å². The van der Waals surface area contributed by atoms with E-state index in [0.29, 0.717) is 37.0 Å². The molecule has 0 aliphatic carbocycles. The van der Waals surface area contributed by atoms with Crippen molar-refractivity contribution in [2.75, 3.05) is 67.1 Å². The summed E-state index contributed by atoms with van der Waals surface area (Å²) in [6, 6.07) is 42.8. The van der Waals surface area contributed by atoms with E-state index in [2.05, 4.69) is 22.8 Å². The molecule has 4 bridgehead atoms. The topological polar surface area (TPSA) is 106 Å². The molecule has 0 spiro atoms. The van der Waals surface area contributed by atoms with Gasteiger partial charge in [0.2, 0.25) is 0 Å². The lowest BCUT2D eigenvalue weighted by Crippen LogP contribution is -2.53. The predicted molar refractivity (Wildman–Crippen MR) is 256 cm³/mol. The van der Waals surface area contributed by atoms with E-state index in [0.717, 1.165) is 106 Å². The first kappa shape index (κ1) is 46.3. The number of ether oxygens (including phenoxy) is 2. The Bertz CT molecular complexity index is 2130. The van der Waals surface area contributed by atoms with Gasteiger partial charge in [-0.1, -0.05) is 104 Å². The number of hydrogen-bond acceptors (Lipinski definition) is 8. The fourth-order valence-electron chi connectivity index (χ4n) is 8.98. The van der Waals surface area contributed by atoms with E-state index in [1.54, 1.807) is 33.3 Å². The van der Waals surface area contributed by atoms with E-state index in [1.165, 1.54) is 4.90 Å². The zero-order valence-electron chi connectivity index (χ0n) is 37.0. The summed E-state index contributed by atoms with van der Waals surface area (Å²) in [6.45, 7) is 10.3. The third-order valence-electron chi connectivity index (χ3n) is 12.7. The van der Waals surface area contributed by atoms with Gasteiger partial charge in [-0.05, 0) is 130 Å². The Labute approximate surface area is 382 Å². The minimum Gasteiger partial charge on any atom is -0.465 e. The second-order valence-corrected chi connectivity index (χ2v) is 18.0. The van der Waals surface area contributed by atoms with Crippen molar-refractivity contribution in [1.82, 2.24) is 9.80 Å². The minimum atomic E-state index is -0.919. The van der Waals surface area contributed by atoms with E-state index in [1.807, 2.05) is 121 Å². The molecule has 338 valence electrons. The zero-order valence-corrected chi connectivity index (χ0v) is 37.9. The standard InChI is InChI=1S/C19H22N2O2S.C18H26N2O2.C15H15NO2/c22-19(23-18-14-20-10-8-15(18)9-11-20)21(13-17-7-4-12-24-17)16-5-2-1-3-6-16;1-2-3-11-20(16-7-5-4-6-8-16)18(21)22-17-14-19-12-9-15(17)10-13-19;17-15(18)16(14-9-5-2-6-10-14)12-11-13-7-3-1-4-8-13/h1-7,12,15,18H,8-11,13-14H2;4-8,15,17H,2-3,9-14H2,1H3;1-10H,11-12H2,(H,17,18)/t18-;17-;/m00./s1. The van der Waals surface area contributed by atoms with Crippen LogP contribution in [0.3, 0.4) is 0 Å². The fraction of sp³-hybridized carbons (Fsp3) is 0.404. The van der Waals surface area contributed by atoms with Gasteiger partial charge in [0.25, 0.3) is 0 Å². The average Bonchev–Trinajstić information content (AvgIpc) is 3.87. The summed E-state index contributed by atoms with van der Waals surface area (Å²) >= 11 is 1.66. The molecule has 6 aliphatic heterocycles. The van der Waals surface area contributed by atoms with Gasteiger partial charge < -0.3 is 14.6 Å². The van der Waals surface area contributed by atoms with Crippen LogP contribution in [-0.2, 0) is 22.4 Å². The van der Waals surface area contributed by atoms with Crippen LogP contribution in [0, 0.1) is 11.8 Å². The number of benzene rings is 4.